The van der Waals surface area contributed by atoms with E-state index in [1.54, 1.807) is 12.1 Å². The number of hydrogen-bond acceptors (Lipinski definition) is 3. The van der Waals surface area contributed by atoms with E-state index in [4.69, 9.17) is 33.7 Å². The largest absolute Gasteiger partial charge is 0.618 e. The summed E-state index contributed by atoms with van der Waals surface area (Å²) in [7, 11) is 0. The van der Waals surface area contributed by atoms with Gasteiger partial charge in [0.05, 0.1) is 16.7 Å². The standard InChI is InChI=1S/C17H9Cl2N3O/c1-10-2-4-11(5-3-10)16-17(18,19)14-6-12(8-20)13(9-21)7-15(14)22(16)23/h2-7H,1H3. The smallest absolute Gasteiger partial charge is 0.241 e. The molecule has 0 radical (unpaired) electrons. The lowest BCUT2D eigenvalue weighted by Crippen LogP contribution is -2.24. The van der Waals surface area contributed by atoms with Gasteiger partial charge in [-0.25, -0.2) is 0 Å². The van der Waals surface area contributed by atoms with Gasteiger partial charge < -0.3 is 5.21 Å². The molecule has 0 N–H and O–H groups in total. The van der Waals surface area contributed by atoms with Crippen LogP contribution in [0.15, 0.2) is 36.4 Å². The molecule has 0 aromatic heterocycles. The summed E-state index contributed by atoms with van der Waals surface area (Å²) in [6.45, 7) is 1.93. The third-order valence-electron chi connectivity index (χ3n) is 3.76. The van der Waals surface area contributed by atoms with Crippen molar-refractivity contribution in [3.8, 4) is 12.1 Å². The lowest BCUT2D eigenvalue weighted by Gasteiger charge is -2.13. The van der Waals surface area contributed by atoms with Crippen molar-refractivity contribution in [3.05, 3.63) is 69.4 Å². The Bertz CT molecular complexity index is 932. The third-order valence-corrected chi connectivity index (χ3v) is 4.52. The molecule has 2 aromatic carbocycles. The van der Waals surface area contributed by atoms with Crippen molar-refractivity contribution in [1.29, 1.82) is 10.5 Å². The Balaban J connectivity index is 2.28. The highest BCUT2D eigenvalue weighted by Crippen LogP contribution is 2.48. The van der Waals surface area contributed by atoms with Crippen molar-refractivity contribution in [2.24, 2.45) is 0 Å². The second kappa shape index (κ2) is 5.28. The number of alkyl halides is 2. The fourth-order valence-corrected chi connectivity index (χ4v) is 3.25. The molecule has 112 valence electrons. The van der Waals surface area contributed by atoms with Crippen LogP contribution in [0.25, 0.3) is 0 Å². The third kappa shape index (κ3) is 2.24. The average molecular weight is 342 g/mol. The fourth-order valence-electron chi connectivity index (χ4n) is 2.58. The van der Waals surface area contributed by atoms with Gasteiger partial charge in [-0.3, -0.25) is 0 Å². The zero-order chi connectivity index (χ0) is 16.8. The van der Waals surface area contributed by atoms with Crippen LogP contribution in [0.4, 0.5) is 5.69 Å². The maximum atomic E-state index is 12.7. The topological polar surface area (TPSA) is 73.7 Å². The first-order valence-corrected chi connectivity index (χ1v) is 7.44. The van der Waals surface area contributed by atoms with Gasteiger partial charge in [0, 0.05) is 11.6 Å². The summed E-state index contributed by atoms with van der Waals surface area (Å²) < 4.78 is -0.964. The van der Waals surface area contributed by atoms with Gasteiger partial charge in [-0.15, -0.1) is 0 Å². The minimum atomic E-state index is -1.59. The Morgan fingerprint density at radius 1 is 1.04 bits per heavy atom. The van der Waals surface area contributed by atoms with E-state index in [1.807, 2.05) is 31.2 Å². The van der Waals surface area contributed by atoms with E-state index in [0.717, 1.165) is 5.56 Å². The monoisotopic (exact) mass is 341 g/mol. The predicted molar refractivity (Wildman–Crippen MR) is 87.8 cm³/mol. The Morgan fingerprint density at radius 2 is 1.61 bits per heavy atom. The van der Waals surface area contributed by atoms with E-state index >= 15 is 0 Å². The van der Waals surface area contributed by atoms with Gasteiger partial charge in [-0.05, 0) is 25.1 Å². The highest BCUT2D eigenvalue weighted by molar-refractivity contribution is 6.60. The lowest BCUT2D eigenvalue weighted by atomic mass is 9.99. The molecule has 0 amide bonds. The maximum Gasteiger partial charge on any atom is 0.241 e. The number of nitrogens with zero attached hydrogens (tertiary/aromatic N) is 3. The molecule has 1 aliphatic rings. The van der Waals surface area contributed by atoms with E-state index < -0.39 is 4.33 Å². The first-order valence-electron chi connectivity index (χ1n) is 6.68. The lowest BCUT2D eigenvalue weighted by molar-refractivity contribution is -0.356. The predicted octanol–water partition coefficient (Wildman–Crippen LogP) is 4.01. The van der Waals surface area contributed by atoms with Gasteiger partial charge in [0.1, 0.15) is 12.1 Å². The van der Waals surface area contributed by atoms with Crippen molar-refractivity contribution in [1.82, 2.24) is 0 Å². The van der Waals surface area contributed by atoms with Crippen molar-refractivity contribution in [3.63, 3.8) is 0 Å². The number of nitriles is 2. The van der Waals surface area contributed by atoms with E-state index in [2.05, 4.69) is 0 Å². The van der Waals surface area contributed by atoms with Crippen LogP contribution < -0.4 is 0 Å². The summed E-state index contributed by atoms with van der Waals surface area (Å²) in [6.07, 6.45) is 0. The molecule has 4 nitrogen and oxygen atoms in total. The number of fused-ring (bicyclic) bond motifs is 1. The van der Waals surface area contributed by atoms with Gasteiger partial charge in [0.15, 0.2) is 0 Å². The van der Waals surface area contributed by atoms with Gasteiger partial charge in [-0.2, -0.15) is 15.3 Å². The van der Waals surface area contributed by atoms with Crippen LogP contribution in [0.1, 0.15) is 27.8 Å². The maximum absolute atomic E-state index is 12.7. The molecule has 0 saturated carbocycles. The first kappa shape index (κ1) is 15.4. The summed E-state index contributed by atoms with van der Waals surface area (Å²) in [6, 6.07) is 13.8. The van der Waals surface area contributed by atoms with Crippen molar-refractivity contribution in [2.45, 2.75) is 11.3 Å². The molecular formula is C17H9Cl2N3O. The summed E-state index contributed by atoms with van der Waals surface area (Å²) in [5.41, 5.74) is 2.52. The molecule has 1 heterocycles. The second-order valence-corrected chi connectivity index (χ2v) is 6.55. The number of rotatable bonds is 1. The van der Waals surface area contributed by atoms with Crippen LogP contribution in [0.2, 0.25) is 0 Å². The van der Waals surface area contributed by atoms with Crippen LogP contribution in [0.3, 0.4) is 0 Å². The quantitative estimate of drug-likeness (QED) is 0.446. The Labute approximate surface area is 143 Å². The van der Waals surface area contributed by atoms with E-state index in [-0.39, 0.29) is 22.5 Å². The molecule has 23 heavy (non-hydrogen) atoms. The van der Waals surface area contributed by atoms with E-state index in [9.17, 15) is 5.21 Å². The highest BCUT2D eigenvalue weighted by atomic mass is 35.5. The van der Waals surface area contributed by atoms with Crippen LogP contribution in [-0.4, -0.2) is 10.5 Å². The van der Waals surface area contributed by atoms with Crippen LogP contribution >= 0.6 is 23.2 Å². The average Bonchev–Trinajstić information content (AvgIpc) is 2.73. The number of hydrogen-bond donors (Lipinski definition) is 0. The molecule has 0 unspecified atom stereocenters. The Hall–Kier alpha value is -2.53. The Morgan fingerprint density at radius 3 is 2.17 bits per heavy atom. The summed E-state index contributed by atoms with van der Waals surface area (Å²) in [5, 5.41) is 30.9. The van der Waals surface area contributed by atoms with Gasteiger partial charge >= 0.3 is 0 Å². The Kier molecular flexibility index (Phi) is 3.53. The van der Waals surface area contributed by atoms with Crippen molar-refractivity contribution in [2.75, 3.05) is 0 Å². The minimum Gasteiger partial charge on any atom is -0.618 e. The molecule has 2 aromatic rings. The number of aryl methyl sites for hydroxylation is 1. The fraction of sp³-hybridized carbons (Fsp3) is 0.118. The summed E-state index contributed by atoms with van der Waals surface area (Å²) in [5.74, 6) is 0. The molecule has 6 heteroatoms. The molecule has 0 saturated heterocycles. The van der Waals surface area contributed by atoms with Crippen LogP contribution in [0, 0.1) is 34.8 Å². The van der Waals surface area contributed by atoms with Gasteiger partial charge in [0.25, 0.3) is 0 Å². The summed E-state index contributed by atoms with van der Waals surface area (Å²) >= 11 is 12.9. The van der Waals surface area contributed by atoms with Crippen molar-refractivity contribution < 1.29 is 4.74 Å². The SMILES string of the molecule is Cc1ccc(C2=[N+]([O-])c3cc(C#N)c(C#N)cc3C2(Cl)Cl)cc1. The molecule has 1 aliphatic heterocycles. The molecular weight excluding hydrogens is 333 g/mol. The van der Waals surface area contributed by atoms with Crippen LogP contribution in [-0.2, 0) is 4.33 Å². The molecule has 0 aliphatic carbocycles. The molecule has 0 fully saturated rings. The number of halogens is 2. The minimum absolute atomic E-state index is 0.112. The van der Waals surface area contributed by atoms with Crippen LogP contribution in [0.5, 0.6) is 0 Å². The zero-order valence-corrected chi connectivity index (χ0v) is 13.5. The molecule has 3 rings (SSSR count). The zero-order valence-electron chi connectivity index (χ0n) is 12.0. The van der Waals surface area contributed by atoms with E-state index in [0.29, 0.717) is 15.9 Å². The van der Waals surface area contributed by atoms with Gasteiger partial charge in [-0.1, -0.05) is 40.9 Å². The summed E-state index contributed by atoms with van der Waals surface area (Å²) in [4.78, 5) is 0. The molecule has 0 atom stereocenters. The normalized spacial score (nSPS) is 15.0. The first-order chi connectivity index (χ1) is 10.9. The second-order valence-electron chi connectivity index (χ2n) is 5.22. The van der Waals surface area contributed by atoms with Gasteiger partial charge in [0.2, 0.25) is 15.7 Å². The van der Waals surface area contributed by atoms with Crippen molar-refractivity contribution >= 4 is 34.6 Å². The molecule has 0 bridgehead atoms. The number of benzene rings is 2. The van der Waals surface area contributed by atoms with E-state index in [1.165, 1.54) is 12.1 Å². The highest BCUT2D eigenvalue weighted by Gasteiger charge is 2.50. The molecule has 0 spiro atoms.